The van der Waals surface area contributed by atoms with Crippen molar-refractivity contribution in [1.82, 2.24) is 0 Å². The zero-order valence-electron chi connectivity index (χ0n) is 36.0. The van der Waals surface area contributed by atoms with E-state index in [-0.39, 0.29) is 46.7 Å². The number of hydrogen-bond acceptors (Lipinski definition) is 3. The van der Waals surface area contributed by atoms with Crippen molar-refractivity contribution in [2.75, 3.05) is 4.90 Å². The van der Waals surface area contributed by atoms with Gasteiger partial charge in [0.15, 0.2) is 0 Å². The van der Waals surface area contributed by atoms with Crippen LogP contribution in [0.2, 0.25) is 0 Å². The van der Waals surface area contributed by atoms with Gasteiger partial charge in [-0.1, -0.05) is 127 Å². The molecule has 0 radical (unpaired) electrons. The molecule has 0 N–H and O–H groups in total. The predicted octanol–water partition coefficient (Wildman–Crippen LogP) is 14.6. The van der Waals surface area contributed by atoms with Gasteiger partial charge in [-0.05, 0) is 99.0 Å². The molecule has 3 nitrogen and oxygen atoms in total. The van der Waals surface area contributed by atoms with Crippen LogP contribution < -0.4 is 4.90 Å². The summed E-state index contributed by atoms with van der Waals surface area (Å²) in [7, 11) is 0. The zero-order chi connectivity index (χ0) is 41.8. The van der Waals surface area contributed by atoms with Crippen LogP contribution in [0.1, 0.15) is 11.0 Å². The standard InChI is InChI=1S/C50H31NO2/c1-2-11-36-31-37(20-19-32(36)9-1)33-21-26-38(27-22-33)51(44-15-8-18-47-49(44)43-30-25-34-10-3-4-12-41(34)50(43)53-47)39-28-23-35(24-29-39)40-14-7-17-46-48(40)42-13-5-6-16-45(42)52-46/h1-31H/i21D,22D,23D,24D,26D,27D,28D,29D. The molecule has 3 heteroatoms. The Morgan fingerprint density at radius 1 is 0.396 bits per heavy atom. The van der Waals surface area contributed by atoms with Crippen LogP contribution in [0.3, 0.4) is 0 Å². The van der Waals surface area contributed by atoms with Crippen LogP contribution in [0, 0.1) is 0 Å². The number of fused-ring (bicyclic) bond motifs is 9. The summed E-state index contributed by atoms with van der Waals surface area (Å²) >= 11 is 0. The second-order valence-electron chi connectivity index (χ2n) is 13.0. The van der Waals surface area contributed by atoms with Gasteiger partial charge in [-0.25, -0.2) is 0 Å². The molecule has 0 atom stereocenters. The van der Waals surface area contributed by atoms with E-state index in [1.54, 1.807) is 42.5 Å². The summed E-state index contributed by atoms with van der Waals surface area (Å²) in [5.41, 5.74) is 3.09. The third-order valence-corrected chi connectivity index (χ3v) is 9.99. The van der Waals surface area contributed by atoms with Gasteiger partial charge in [-0.15, -0.1) is 0 Å². The molecule has 9 aromatic carbocycles. The van der Waals surface area contributed by atoms with E-state index in [0.29, 0.717) is 55.3 Å². The summed E-state index contributed by atoms with van der Waals surface area (Å²) in [5.74, 6) is 0. The van der Waals surface area contributed by atoms with Crippen LogP contribution >= 0.6 is 0 Å². The number of anilines is 3. The smallest absolute Gasteiger partial charge is 0.143 e. The fourth-order valence-electron chi connectivity index (χ4n) is 7.52. The molecule has 0 aliphatic rings. The average Bonchev–Trinajstić information content (AvgIpc) is 3.87. The summed E-state index contributed by atoms with van der Waals surface area (Å²) in [6, 6.07) is 39.8. The minimum atomic E-state index is -0.438. The molecular weight excluding hydrogens is 647 g/mol. The molecule has 11 aromatic rings. The number of nitrogens with zero attached hydrogens (tertiary/aromatic N) is 1. The molecule has 0 aliphatic heterocycles. The maximum Gasteiger partial charge on any atom is 0.143 e. The molecule has 0 bridgehead atoms. The first-order valence-corrected chi connectivity index (χ1v) is 17.4. The lowest BCUT2D eigenvalue weighted by Crippen LogP contribution is -2.10. The molecule has 0 spiro atoms. The van der Waals surface area contributed by atoms with E-state index in [0.717, 1.165) is 26.9 Å². The van der Waals surface area contributed by atoms with Crippen molar-refractivity contribution in [3.8, 4) is 22.3 Å². The second-order valence-corrected chi connectivity index (χ2v) is 13.0. The van der Waals surface area contributed by atoms with Crippen LogP contribution in [0.25, 0.3) is 87.7 Å². The van der Waals surface area contributed by atoms with Crippen LogP contribution in [-0.2, 0) is 0 Å². The third-order valence-electron chi connectivity index (χ3n) is 9.99. The minimum Gasteiger partial charge on any atom is -0.456 e. The summed E-state index contributed by atoms with van der Waals surface area (Å²) in [5, 5.41) is 6.26. The highest BCUT2D eigenvalue weighted by atomic mass is 16.3. The lowest BCUT2D eigenvalue weighted by molar-refractivity contribution is 0.669. The van der Waals surface area contributed by atoms with Gasteiger partial charge < -0.3 is 13.7 Å². The second kappa shape index (κ2) is 11.7. The Bertz CT molecular complexity index is 3610. The first-order valence-electron chi connectivity index (χ1n) is 21.4. The van der Waals surface area contributed by atoms with Gasteiger partial charge in [0.2, 0.25) is 0 Å². The van der Waals surface area contributed by atoms with Crippen molar-refractivity contribution < 1.29 is 19.8 Å². The van der Waals surface area contributed by atoms with E-state index in [1.165, 1.54) is 4.90 Å². The molecular formula is C50H31NO2. The SMILES string of the molecule is [2H]c1c([2H])c(N(c2c([2H])c([2H])c(-c3cccc4oc5ccccc5c34)c([2H])c2[2H])c2cccc3oc4c5ccccc5ccc4c23)c([2H])c([2H])c1-c1ccc2ccccc2c1. The molecule has 0 amide bonds. The van der Waals surface area contributed by atoms with E-state index in [9.17, 15) is 11.0 Å². The Labute approximate surface area is 316 Å². The molecule has 0 unspecified atom stereocenters. The summed E-state index contributed by atoms with van der Waals surface area (Å²) in [6.07, 6.45) is 0. The van der Waals surface area contributed by atoms with E-state index < -0.39 is 24.2 Å². The lowest BCUT2D eigenvalue weighted by Gasteiger charge is -2.26. The highest BCUT2D eigenvalue weighted by molar-refractivity contribution is 6.19. The molecule has 0 aliphatic carbocycles. The molecule has 0 saturated carbocycles. The molecule has 11 rings (SSSR count). The van der Waals surface area contributed by atoms with Crippen molar-refractivity contribution in [2.24, 2.45) is 0 Å². The largest absolute Gasteiger partial charge is 0.456 e. The summed E-state index contributed by atoms with van der Waals surface area (Å²) < 4.78 is 89.5. The maximum atomic E-state index is 9.73. The Morgan fingerprint density at radius 2 is 1.02 bits per heavy atom. The number of rotatable bonds is 5. The van der Waals surface area contributed by atoms with Gasteiger partial charge in [0.1, 0.15) is 22.3 Å². The predicted molar refractivity (Wildman–Crippen MR) is 222 cm³/mol. The lowest BCUT2D eigenvalue weighted by atomic mass is 9.98. The van der Waals surface area contributed by atoms with Gasteiger partial charge in [-0.3, -0.25) is 0 Å². The highest BCUT2D eigenvalue weighted by Gasteiger charge is 2.21. The quantitative estimate of drug-likeness (QED) is 0.181. The first kappa shape index (κ1) is 22.7. The van der Waals surface area contributed by atoms with Crippen molar-refractivity contribution in [3.63, 3.8) is 0 Å². The summed E-state index contributed by atoms with van der Waals surface area (Å²) in [4.78, 5) is 1.36. The molecule has 248 valence electrons. The molecule has 53 heavy (non-hydrogen) atoms. The Kier molecular flexibility index (Phi) is 5.01. The van der Waals surface area contributed by atoms with Crippen molar-refractivity contribution in [1.29, 1.82) is 0 Å². The van der Waals surface area contributed by atoms with Gasteiger partial charge in [-0.2, -0.15) is 0 Å². The number of hydrogen-bond donors (Lipinski definition) is 0. The fraction of sp³-hybridized carbons (Fsp3) is 0. The zero-order valence-corrected chi connectivity index (χ0v) is 28.0. The number of para-hydroxylation sites is 1. The minimum absolute atomic E-state index is 0.0560. The Hall–Kier alpha value is -7.10. The van der Waals surface area contributed by atoms with Gasteiger partial charge in [0.25, 0.3) is 0 Å². The molecule has 0 fully saturated rings. The number of benzene rings is 9. The van der Waals surface area contributed by atoms with Crippen LogP contribution in [0.15, 0.2) is 197 Å². The third kappa shape index (κ3) is 4.75. The van der Waals surface area contributed by atoms with Crippen molar-refractivity contribution in [3.05, 3.63) is 188 Å². The van der Waals surface area contributed by atoms with E-state index in [2.05, 4.69) is 0 Å². The molecule has 0 saturated heterocycles. The summed E-state index contributed by atoms with van der Waals surface area (Å²) in [6.45, 7) is 0. The monoisotopic (exact) mass is 685 g/mol. The fourth-order valence-corrected chi connectivity index (χ4v) is 7.52. The van der Waals surface area contributed by atoms with Crippen LogP contribution in [0.4, 0.5) is 17.1 Å². The van der Waals surface area contributed by atoms with Gasteiger partial charge in [0, 0.05) is 32.9 Å². The van der Waals surface area contributed by atoms with Crippen LogP contribution in [0.5, 0.6) is 0 Å². The Morgan fingerprint density at radius 3 is 1.83 bits per heavy atom. The topological polar surface area (TPSA) is 29.5 Å². The Balaban J connectivity index is 1.23. The molecule has 2 heterocycles. The molecule has 2 aromatic heterocycles. The van der Waals surface area contributed by atoms with Gasteiger partial charge >= 0.3 is 0 Å². The average molecular weight is 686 g/mol. The van der Waals surface area contributed by atoms with E-state index >= 15 is 0 Å². The van der Waals surface area contributed by atoms with Crippen molar-refractivity contribution >= 4 is 82.5 Å². The highest BCUT2D eigenvalue weighted by Crippen LogP contribution is 2.45. The van der Waals surface area contributed by atoms with Gasteiger partial charge in [0.05, 0.1) is 22.0 Å². The number of furan rings is 2. The van der Waals surface area contributed by atoms with Crippen LogP contribution in [-0.4, -0.2) is 0 Å². The van der Waals surface area contributed by atoms with E-state index in [1.807, 2.05) is 97.1 Å². The first-order chi connectivity index (χ1) is 29.6. The van der Waals surface area contributed by atoms with E-state index in [4.69, 9.17) is 8.83 Å². The normalized spacial score (nSPS) is 13.9. The maximum absolute atomic E-state index is 9.73. The van der Waals surface area contributed by atoms with Crippen molar-refractivity contribution in [2.45, 2.75) is 0 Å².